The third-order valence-corrected chi connectivity index (χ3v) is 4.54. The molecular weight excluding hydrogens is 441 g/mol. The quantitative estimate of drug-likeness (QED) is 0.247. The van der Waals surface area contributed by atoms with Crippen molar-refractivity contribution >= 4 is 29.9 Å². The number of aliphatic imine (C=N–C) groups is 1. The fraction of sp³-hybridized carbons (Fsp3) is 0.650. The van der Waals surface area contributed by atoms with Crippen molar-refractivity contribution in [2.24, 2.45) is 10.9 Å². The second kappa shape index (κ2) is 14.2. The van der Waals surface area contributed by atoms with Crippen LogP contribution in [0, 0.1) is 5.92 Å². The van der Waals surface area contributed by atoms with Crippen molar-refractivity contribution in [3.8, 4) is 0 Å². The average Bonchev–Trinajstić information content (AvgIpc) is 2.68. The Labute approximate surface area is 175 Å². The van der Waals surface area contributed by atoms with E-state index >= 15 is 0 Å². The van der Waals surface area contributed by atoms with Gasteiger partial charge in [-0.3, -0.25) is 4.99 Å². The van der Waals surface area contributed by atoms with Crippen LogP contribution < -0.4 is 10.6 Å². The molecule has 2 unspecified atom stereocenters. The number of benzene rings is 1. The SMILES string of the molecule is CCOCCCCNC(=NC)NCC1CCCOC1c1ccccc1.I. The lowest BCUT2D eigenvalue weighted by Crippen LogP contribution is -2.42. The number of unbranched alkanes of at least 4 members (excludes halogenated alkanes) is 1. The van der Waals surface area contributed by atoms with Gasteiger partial charge in [-0.05, 0) is 38.2 Å². The lowest BCUT2D eigenvalue weighted by atomic mass is 9.89. The van der Waals surface area contributed by atoms with E-state index in [2.05, 4.69) is 46.0 Å². The summed E-state index contributed by atoms with van der Waals surface area (Å²) < 4.78 is 11.4. The lowest BCUT2D eigenvalue weighted by molar-refractivity contribution is -0.0265. The molecule has 26 heavy (non-hydrogen) atoms. The van der Waals surface area contributed by atoms with E-state index in [1.165, 1.54) is 12.0 Å². The van der Waals surface area contributed by atoms with Gasteiger partial charge in [0.2, 0.25) is 0 Å². The molecule has 0 aromatic heterocycles. The number of halogens is 1. The Morgan fingerprint density at radius 1 is 1.23 bits per heavy atom. The zero-order valence-corrected chi connectivity index (χ0v) is 18.4. The van der Waals surface area contributed by atoms with E-state index in [0.717, 1.165) is 58.1 Å². The summed E-state index contributed by atoms with van der Waals surface area (Å²) in [6.07, 6.45) is 4.63. The Kier molecular flexibility index (Phi) is 12.7. The first-order chi connectivity index (χ1) is 12.3. The molecule has 1 aromatic carbocycles. The molecule has 1 aromatic rings. The van der Waals surface area contributed by atoms with Crippen molar-refractivity contribution in [2.75, 3.05) is 40.0 Å². The van der Waals surface area contributed by atoms with E-state index in [1.54, 1.807) is 0 Å². The van der Waals surface area contributed by atoms with Gasteiger partial charge >= 0.3 is 0 Å². The summed E-state index contributed by atoms with van der Waals surface area (Å²) in [6.45, 7) is 6.30. The molecule has 1 aliphatic heterocycles. The Bertz CT molecular complexity index is 499. The summed E-state index contributed by atoms with van der Waals surface area (Å²) in [7, 11) is 1.82. The minimum atomic E-state index is 0. The second-order valence-electron chi connectivity index (χ2n) is 6.39. The molecule has 2 atom stereocenters. The van der Waals surface area contributed by atoms with Gasteiger partial charge in [-0.1, -0.05) is 30.3 Å². The number of rotatable bonds is 9. The first-order valence-corrected chi connectivity index (χ1v) is 9.54. The van der Waals surface area contributed by atoms with Crippen molar-refractivity contribution in [2.45, 2.75) is 38.7 Å². The summed E-state index contributed by atoms with van der Waals surface area (Å²) in [5.41, 5.74) is 1.27. The Morgan fingerprint density at radius 2 is 2.04 bits per heavy atom. The zero-order valence-electron chi connectivity index (χ0n) is 16.1. The Hall–Kier alpha value is -0.860. The highest BCUT2D eigenvalue weighted by Gasteiger charge is 2.27. The number of guanidine groups is 1. The molecule has 0 spiro atoms. The highest BCUT2D eigenvalue weighted by Crippen LogP contribution is 2.32. The van der Waals surface area contributed by atoms with Gasteiger partial charge in [-0.25, -0.2) is 0 Å². The molecule has 1 aliphatic rings. The highest BCUT2D eigenvalue weighted by atomic mass is 127. The molecule has 2 N–H and O–H groups in total. The summed E-state index contributed by atoms with van der Waals surface area (Å²) in [5, 5.41) is 6.85. The molecule has 0 bridgehead atoms. The normalized spacial score (nSPS) is 20.3. The minimum absolute atomic E-state index is 0. The van der Waals surface area contributed by atoms with Crippen molar-refractivity contribution in [1.29, 1.82) is 0 Å². The van der Waals surface area contributed by atoms with Crippen LogP contribution >= 0.6 is 24.0 Å². The van der Waals surface area contributed by atoms with Gasteiger partial charge in [0.05, 0.1) is 6.10 Å². The molecule has 148 valence electrons. The van der Waals surface area contributed by atoms with Crippen molar-refractivity contribution < 1.29 is 9.47 Å². The van der Waals surface area contributed by atoms with Gasteiger partial charge in [-0.2, -0.15) is 0 Å². The topological polar surface area (TPSA) is 54.9 Å². The van der Waals surface area contributed by atoms with Crippen LogP contribution in [-0.2, 0) is 9.47 Å². The summed E-state index contributed by atoms with van der Waals surface area (Å²) in [6, 6.07) is 10.5. The van der Waals surface area contributed by atoms with Gasteiger partial charge in [0.15, 0.2) is 5.96 Å². The van der Waals surface area contributed by atoms with Crippen LogP contribution in [0.15, 0.2) is 35.3 Å². The predicted octanol–water partition coefficient (Wildman–Crippen LogP) is 3.75. The molecule has 1 heterocycles. The van der Waals surface area contributed by atoms with Crippen LogP contribution in [0.2, 0.25) is 0 Å². The van der Waals surface area contributed by atoms with E-state index in [0.29, 0.717) is 5.92 Å². The maximum Gasteiger partial charge on any atom is 0.190 e. The van der Waals surface area contributed by atoms with Crippen LogP contribution in [-0.4, -0.2) is 45.9 Å². The molecule has 0 aliphatic carbocycles. The second-order valence-corrected chi connectivity index (χ2v) is 6.39. The maximum atomic E-state index is 6.06. The van der Waals surface area contributed by atoms with Gasteiger partial charge in [-0.15, -0.1) is 24.0 Å². The van der Waals surface area contributed by atoms with E-state index in [9.17, 15) is 0 Å². The van der Waals surface area contributed by atoms with Crippen LogP contribution in [0.4, 0.5) is 0 Å². The fourth-order valence-corrected chi connectivity index (χ4v) is 3.19. The third-order valence-electron chi connectivity index (χ3n) is 4.54. The van der Waals surface area contributed by atoms with Gasteiger partial charge in [0, 0.05) is 45.9 Å². The van der Waals surface area contributed by atoms with E-state index in [1.807, 2.05) is 14.0 Å². The fourth-order valence-electron chi connectivity index (χ4n) is 3.19. The van der Waals surface area contributed by atoms with Gasteiger partial charge < -0.3 is 20.1 Å². The first kappa shape index (κ1) is 23.2. The van der Waals surface area contributed by atoms with Crippen LogP contribution in [0.1, 0.15) is 44.3 Å². The highest BCUT2D eigenvalue weighted by molar-refractivity contribution is 14.0. The molecule has 6 heteroatoms. The first-order valence-electron chi connectivity index (χ1n) is 9.54. The third kappa shape index (κ3) is 8.22. The number of ether oxygens (including phenoxy) is 2. The number of hydrogen-bond acceptors (Lipinski definition) is 3. The standard InChI is InChI=1S/C20H33N3O2.HI/c1-3-24-14-8-7-13-22-20(21-2)23-16-18-12-9-15-25-19(18)17-10-5-4-6-11-17;/h4-6,10-11,18-19H,3,7-9,12-16H2,1-2H3,(H2,21,22,23);1H. The number of nitrogens with zero attached hydrogens (tertiary/aromatic N) is 1. The summed E-state index contributed by atoms with van der Waals surface area (Å²) >= 11 is 0. The molecule has 0 amide bonds. The Morgan fingerprint density at radius 3 is 2.77 bits per heavy atom. The van der Waals surface area contributed by atoms with Crippen molar-refractivity contribution in [3.05, 3.63) is 35.9 Å². The van der Waals surface area contributed by atoms with Crippen LogP contribution in [0.5, 0.6) is 0 Å². The Balaban J connectivity index is 0.00000338. The minimum Gasteiger partial charge on any atom is -0.382 e. The predicted molar refractivity (Wildman–Crippen MR) is 118 cm³/mol. The van der Waals surface area contributed by atoms with Crippen molar-refractivity contribution in [1.82, 2.24) is 10.6 Å². The number of hydrogen-bond donors (Lipinski definition) is 2. The van der Waals surface area contributed by atoms with E-state index in [-0.39, 0.29) is 30.1 Å². The maximum absolute atomic E-state index is 6.06. The molecule has 0 radical (unpaired) electrons. The van der Waals surface area contributed by atoms with Crippen LogP contribution in [0.3, 0.4) is 0 Å². The zero-order chi connectivity index (χ0) is 17.7. The molecule has 1 saturated heterocycles. The summed E-state index contributed by atoms with van der Waals surface area (Å²) in [5.74, 6) is 1.33. The molecular formula is C20H34IN3O2. The summed E-state index contributed by atoms with van der Waals surface area (Å²) in [4.78, 5) is 4.33. The molecule has 0 saturated carbocycles. The lowest BCUT2D eigenvalue weighted by Gasteiger charge is -2.32. The van der Waals surface area contributed by atoms with Crippen molar-refractivity contribution in [3.63, 3.8) is 0 Å². The van der Waals surface area contributed by atoms with Gasteiger partial charge in [0.25, 0.3) is 0 Å². The molecule has 1 fully saturated rings. The number of nitrogens with one attached hydrogen (secondary N) is 2. The smallest absolute Gasteiger partial charge is 0.190 e. The molecule has 2 rings (SSSR count). The van der Waals surface area contributed by atoms with E-state index in [4.69, 9.17) is 9.47 Å². The average molecular weight is 475 g/mol. The monoisotopic (exact) mass is 475 g/mol. The van der Waals surface area contributed by atoms with E-state index < -0.39 is 0 Å². The molecule has 5 nitrogen and oxygen atoms in total. The van der Waals surface area contributed by atoms with Gasteiger partial charge in [0.1, 0.15) is 0 Å². The van der Waals surface area contributed by atoms with Crippen LogP contribution in [0.25, 0.3) is 0 Å². The largest absolute Gasteiger partial charge is 0.382 e.